The highest BCUT2D eigenvalue weighted by atomic mass is 19.2. The van der Waals surface area contributed by atoms with Gasteiger partial charge in [0.1, 0.15) is 5.69 Å². The predicted octanol–water partition coefficient (Wildman–Crippen LogP) is 3.95. The minimum absolute atomic E-state index is 0.0561. The molecule has 3 rings (SSSR count). The van der Waals surface area contributed by atoms with E-state index in [1.807, 2.05) is 0 Å². The maximum absolute atomic E-state index is 13.3. The SMILES string of the molecule is CC(=O)c1ccc(NC(=O)c2ccnc(Nc3ccc(F)c(F)c3)n2)cc1. The highest BCUT2D eigenvalue weighted by Crippen LogP contribution is 2.17. The minimum atomic E-state index is -1.01. The van der Waals surface area contributed by atoms with Gasteiger partial charge in [0.25, 0.3) is 5.91 Å². The zero-order valence-corrected chi connectivity index (χ0v) is 14.2. The molecule has 0 atom stereocenters. The molecule has 1 aromatic heterocycles. The van der Waals surface area contributed by atoms with E-state index in [2.05, 4.69) is 20.6 Å². The van der Waals surface area contributed by atoms with Crippen molar-refractivity contribution in [1.82, 2.24) is 9.97 Å². The molecule has 6 nitrogen and oxygen atoms in total. The van der Waals surface area contributed by atoms with Crippen molar-refractivity contribution >= 4 is 29.0 Å². The van der Waals surface area contributed by atoms with E-state index in [4.69, 9.17) is 0 Å². The van der Waals surface area contributed by atoms with E-state index in [0.29, 0.717) is 11.3 Å². The Morgan fingerprint density at radius 3 is 2.30 bits per heavy atom. The standard InChI is InChI=1S/C19H14F2N4O2/c1-11(26)12-2-4-13(5-3-12)23-18(27)17-8-9-22-19(25-17)24-14-6-7-15(20)16(21)10-14/h2-10H,1H3,(H,23,27)(H,22,24,25). The number of carbonyl (C=O) groups excluding carboxylic acids is 2. The fourth-order valence-corrected chi connectivity index (χ4v) is 2.23. The quantitative estimate of drug-likeness (QED) is 0.666. The maximum Gasteiger partial charge on any atom is 0.274 e. The second-order valence-electron chi connectivity index (χ2n) is 5.61. The van der Waals surface area contributed by atoms with Crippen LogP contribution in [0.1, 0.15) is 27.8 Å². The second-order valence-corrected chi connectivity index (χ2v) is 5.61. The number of nitrogens with zero attached hydrogens (tertiary/aromatic N) is 2. The van der Waals surface area contributed by atoms with Gasteiger partial charge in [0.15, 0.2) is 17.4 Å². The molecule has 1 heterocycles. The molecule has 1 amide bonds. The third kappa shape index (κ3) is 4.49. The van der Waals surface area contributed by atoms with Gasteiger partial charge in [0.05, 0.1) is 0 Å². The average Bonchev–Trinajstić information content (AvgIpc) is 2.65. The van der Waals surface area contributed by atoms with Crippen LogP contribution >= 0.6 is 0 Å². The van der Waals surface area contributed by atoms with Crippen LogP contribution in [0.15, 0.2) is 54.7 Å². The Morgan fingerprint density at radius 1 is 0.926 bits per heavy atom. The summed E-state index contributed by atoms with van der Waals surface area (Å²) in [6, 6.07) is 11.1. The van der Waals surface area contributed by atoms with Crippen LogP contribution in [-0.2, 0) is 0 Å². The van der Waals surface area contributed by atoms with Gasteiger partial charge < -0.3 is 10.6 Å². The second kappa shape index (κ2) is 7.69. The van der Waals surface area contributed by atoms with Crippen molar-refractivity contribution in [2.75, 3.05) is 10.6 Å². The van der Waals surface area contributed by atoms with Crippen LogP contribution in [0.4, 0.5) is 26.1 Å². The Hall–Kier alpha value is -3.68. The molecule has 0 radical (unpaired) electrons. The van der Waals surface area contributed by atoms with E-state index in [0.717, 1.165) is 12.1 Å². The molecule has 0 saturated heterocycles. The number of benzene rings is 2. The van der Waals surface area contributed by atoms with Gasteiger partial charge in [-0.1, -0.05) is 0 Å². The van der Waals surface area contributed by atoms with Crippen molar-refractivity contribution in [2.24, 2.45) is 0 Å². The van der Waals surface area contributed by atoms with Crippen molar-refractivity contribution in [1.29, 1.82) is 0 Å². The van der Waals surface area contributed by atoms with Gasteiger partial charge in [0.2, 0.25) is 5.95 Å². The summed E-state index contributed by atoms with van der Waals surface area (Å²) in [4.78, 5) is 31.6. The first kappa shape index (κ1) is 18.1. The lowest BCUT2D eigenvalue weighted by Gasteiger charge is -2.08. The minimum Gasteiger partial charge on any atom is -0.324 e. The van der Waals surface area contributed by atoms with Crippen molar-refractivity contribution in [2.45, 2.75) is 6.92 Å². The average molecular weight is 368 g/mol. The highest BCUT2D eigenvalue weighted by Gasteiger charge is 2.11. The summed E-state index contributed by atoms with van der Waals surface area (Å²) in [7, 11) is 0. The van der Waals surface area contributed by atoms with Crippen LogP contribution in [0, 0.1) is 11.6 Å². The van der Waals surface area contributed by atoms with Crippen LogP contribution in [0.3, 0.4) is 0 Å². The molecule has 3 aromatic rings. The lowest BCUT2D eigenvalue weighted by Crippen LogP contribution is -2.14. The summed E-state index contributed by atoms with van der Waals surface area (Å²) in [5.41, 5.74) is 1.35. The van der Waals surface area contributed by atoms with Crippen LogP contribution in [0.25, 0.3) is 0 Å². The molecule has 0 aliphatic carbocycles. The van der Waals surface area contributed by atoms with Crippen LogP contribution in [0.5, 0.6) is 0 Å². The van der Waals surface area contributed by atoms with Crippen molar-refractivity contribution < 1.29 is 18.4 Å². The summed E-state index contributed by atoms with van der Waals surface area (Å²) < 4.78 is 26.2. The number of hydrogen-bond acceptors (Lipinski definition) is 5. The first-order chi connectivity index (χ1) is 12.9. The summed E-state index contributed by atoms with van der Waals surface area (Å²) in [5, 5.41) is 5.36. The fraction of sp³-hybridized carbons (Fsp3) is 0.0526. The number of ketones is 1. The molecule has 0 bridgehead atoms. The van der Waals surface area contributed by atoms with Crippen molar-refractivity contribution in [3.63, 3.8) is 0 Å². The molecular formula is C19H14F2N4O2. The molecule has 0 aliphatic heterocycles. The van der Waals surface area contributed by atoms with Crippen LogP contribution in [0.2, 0.25) is 0 Å². The highest BCUT2D eigenvalue weighted by molar-refractivity contribution is 6.03. The molecule has 2 aromatic carbocycles. The van der Waals surface area contributed by atoms with Gasteiger partial charge in [-0.05, 0) is 49.4 Å². The monoisotopic (exact) mass is 368 g/mol. The zero-order chi connectivity index (χ0) is 19.4. The summed E-state index contributed by atoms with van der Waals surface area (Å²) in [5.74, 6) is -2.48. The van der Waals surface area contributed by atoms with Gasteiger partial charge in [-0.25, -0.2) is 18.7 Å². The van der Waals surface area contributed by atoms with E-state index < -0.39 is 17.5 Å². The third-order valence-electron chi connectivity index (χ3n) is 3.61. The summed E-state index contributed by atoms with van der Waals surface area (Å²) in [6.45, 7) is 1.45. The third-order valence-corrected chi connectivity index (χ3v) is 3.61. The largest absolute Gasteiger partial charge is 0.324 e. The number of carbonyl (C=O) groups is 2. The van der Waals surface area contributed by atoms with Crippen molar-refractivity contribution in [3.8, 4) is 0 Å². The Bertz CT molecular complexity index is 1010. The number of aromatic nitrogens is 2. The number of nitrogens with one attached hydrogen (secondary N) is 2. The number of hydrogen-bond donors (Lipinski definition) is 2. The molecule has 27 heavy (non-hydrogen) atoms. The number of amides is 1. The normalized spacial score (nSPS) is 10.3. The molecule has 0 saturated carbocycles. The van der Waals surface area contributed by atoms with Gasteiger partial charge in [0, 0.05) is 29.2 Å². The topological polar surface area (TPSA) is 84.0 Å². The van der Waals surface area contributed by atoms with Crippen LogP contribution < -0.4 is 10.6 Å². The predicted molar refractivity (Wildman–Crippen MR) is 96.1 cm³/mol. The molecule has 0 unspecified atom stereocenters. The number of anilines is 3. The van der Waals surface area contributed by atoms with Gasteiger partial charge in [-0.3, -0.25) is 9.59 Å². The Labute approximate surface area is 153 Å². The van der Waals surface area contributed by atoms with E-state index in [9.17, 15) is 18.4 Å². The number of halogens is 2. The van der Waals surface area contributed by atoms with Gasteiger partial charge in [-0.15, -0.1) is 0 Å². The molecule has 2 N–H and O–H groups in total. The lowest BCUT2D eigenvalue weighted by molar-refractivity contribution is 0.101. The Morgan fingerprint density at radius 2 is 1.63 bits per heavy atom. The molecule has 0 aliphatic rings. The summed E-state index contributed by atoms with van der Waals surface area (Å²) >= 11 is 0. The van der Waals surface area contributed by atoms with Gasteiger partial charge in [-0.2, -0.15) is 0 Å². The Kier molecular flexibility index (Phi) is 5.16. The first-order valence-corrected chi connectivity index (χ1v) is 7.90. The van der Waals surface area contributed by atoms with E-state index >= 15 is 0 Å². The maximum atomic E-state index is 13.3. The number of rotatable bonds is 5. The number of Topliss-reactive ketones (excluding diaryl/α,β-unsaturated/α-hetero) is 1. The lowest BCUT2D eigenvalue weighted by atomic mass is 10.1. The molecule has 8 heteroatoms. The molecule has 136 valence electrons. The van der Waals surface area contributed by atoms with Crippen molar-refractivity contribution in [3.05, 3.63) is 77.6 Å². The van der Waals surface area contributed by atoms with E-state index in [1.54, 1.807) is 24.3 Å². The van der Waals surface area contributed by atoms with Gasteiger partial charge >= 0.3 is 0 Å². The molecular weight excluding hydrogens is 354 g/mol. The zero-order valence-electron chi connectivity index (χ0n) is 14.2. The first-order valence-electron chi connectivity index (χ1n) is 7.90. The Balaban J connectivity index is 1.73. The van der Waals surface area contributed by atoms with E-state index in [-0.39, 0.29) is 23.1 Å². The molecule has 0 fully saturated rings. The van der Waals surface area contributed by atoms with Crippen LogP contribution in [-0.4, -0.2) is 21.7 Å². The smallest absolute Gasteiger partial charge is 0.274 e. The molecule has 0 spiro atoms. The fourth-order valence-electron chi connectivity index (χ4n) is 2.23. The summed E-state index contributed by atoms with van der Waals surface area (Å²) in [6.07, 6.45) is 1.36. The van der Waals surface area contributed by atoms with E-state index in [1.165, 1.54) is 25.3 Å².